The van der Waals surface area contributed by atoms with Crippen molar-refractivity contribution in [1.82, 2.24) is 4.57 Å². The highest BCUT2D eigenvalue weighted by molar-refractivity contribution is 7.20. The van der Waals surface area contributed by atoms with Crippen molar-refractivity contribution in [3.63, 3.8) is 0 Å². The van der Waals surface area contributed by atoms with Crippen molar-refractivity contribution in [3.05, 3.63) is 218 Å². The molecule has 9 aromatic carbocycles. The van der Waals surface area contributed by atoms with E-state index >= 15 is 0 Å². The first-order valence-corrected chi connectivity index (χ1v) is 22.3. The van der Waals surface area contributed by atoms with Crippen LogP contribution in [0.1, 0.15) is 0 Å². The average molecular weight is 770 g/mol. The lowest BCUT2D eigenvalue weighted by atomic mass is 9.51. The highest BCUT2D eigenvalue weighted by Crippen LogP contribution is 2.42. The molecule has 1 aromatic heterocycles. The quantitative estimate of drug-likeness (QED) is 0.125. The molecule has 0 saturated heterocycles. The number of hydrogen-bond donors (Lipinski definition) is 0. The van der Waals surface area contributed by atoms with Crippen LogP contribution < -0.4 is 41.1 Å². The molecule has 0 aliphatic carbocycles. The summed E-state index contributed by atoms with van der Waals surface area (Å²) in [7, 11) is -2.81. The second kappa shape index (κ2) is 13.4. The van der Waals surface area contributed by atoms with Gasteiger partial charge in [-0.1, -0.05) is 176 Å². The van der Waals surface area contributed by atoms with Gasteiger partial charge in [-0.25, -0.2) is 0 Å². The second-order valence-electron chi connectivity index (χ2n) is 15.5. The van der Waals surface area contributed by atoms with E-state index < -0.39 is 8.07 Å². The molecule has 3 nitrogen and oxygen atoms in total. The summed E-state index contributed by atoms with van der Waals surface area (Å²) < 4.78 is 16.4. The van der Waals surface area contributed by atoms with Crippen LogP contribution in [0.3, 0.4) is 0 Å². The topological polar surface area (TPSA) is 23.4 Å². The lowest BCUT2D eigenvalue weighted by molar-refractivity contribution is 0.479. The fourth-order valence-electron chi connectivity index (χ4n) is 9.93. The Balaban J connectivity index is 1.01. The lowest BCUT2D eigenvalue weighted by Gasteiger charge is -2.36. The Hall–Kier alpha value is -7.34. The summed E-state index contributed by atoms with van der Waals surface area (Å²) in [5.41, 5.74) is 10.1. The predicted molar refractivity (Wildman–Crippen MR) is 247 cm³/mol. The number of hydrogen-bond acceptors (Lipinski definition) is 2. The molecule has 0 fully saturated rings. The molecule has 0 saturated carbocycles. The van der Waals surface area contributed by atoms with E-state index in [9.17, 15) is 0 Å². The van der Waals surface area contributed by atoms with Crippen molar-refractivity contribution in [1.29, 1.82) is 0 Å². The van der Waals surface area contributed by atoms with Crippen molar-refractivity contribution >= 4 is 68.5 Å². The SMILES string of the molecule is c1ccc([Si](c2ccccc2)(c2ccccc2)c2ccccc2-c2ccc3c(c2)Oc2cccc4c2B3Oc2cc(-n3c5ccccc5c5ccccc53)ccc2-4)cc1. The van der Waals surface area contributed by atoms with Crippen LogP contribution >= 0.6 is 0 Å². The van der Waals surface area contributed by atoms with Crippen molar-refractivity contribution in [3.8, 4) is 45.2 Å². The molecule has 10 aromatic rings. The van der Waals surface area contributed by atoms with Crippen LogP contribution in [0.25, 0.3) is 49.7 Å². The molecule has 0 atom stereocenters. The number of benzene rings is 9. The first-order valence-electron chi connectivity index (χ1n) is 20.3. The van der Waals surface area contributed by atoms with Gasteiger partial charge < -0.3 is 14.0 Å². The Morgan fingerprint density at radius 1 is 0.407 bits per heavy atom. The number of aromatic nitrogens is 1. The van der Waals surface area contributed by atoms with Gasteiger partial charge in [0.05, 0.1) is 11.0 Å². The molecule has 59 heavy (non-hydrogen) atoms. The normalized spacial score (nSPS) is 12.6. The Labute approximate surface area is 344 Å². The van der Waals surface area contributed by atoms with E-state index in [-0.39, 0.29) is 6.92 Å². The first kappa shape index (κ1) is 33.8. The summed E-state index contributed by atoms with van der Waals surface area (Å²) in [6, 6.07) is 79.3. The van der Waals surface area contributed by atoms with Gasteiger partial charge >= 0.3 is 6.92 Å². The molecule has 0 N–H and O–H groups in total. The molecule has 0 amide bonds. The molecule has 2 aliphatic rings. The largest absolute Gasteiger partial charge is 0.551 e. The van der Waals surface area contributed by atoms with Gasteiger partial charge in [0, 0.05) is 39.0 Å². The minimum absolute atomic E-state index is 0.318. The maximum Gasteiger partial charge on any atom is 0.434 e. The Bertz CT molecular complexity index is 3090. The number of rotatable bonds is 6. The molecule has 12 rings (SSSR count). The maximum atomic E-state index is 7.14. The van der Waals surface area contributed by atoms with E-state index in [1.165, 1.54) is 48.1 Å². The van der Waals surface area contributed by atoms with Crippen LogP contribution in [-0.4, -0.2) is 19.6 Å². The fourth-order valence-corrected chi connectivity index (χ4v) is 14.9. The zero-order valence-corrected chi connectivity index (χ0v) is 33.1. The average Bonchev–Trinajstić information content (AvgIpc) is 3.65. The summed E-state index contributed by atoms with van der Waals surface area (Å²) in [6.45, 7) is -0.318. The third-order valence-electron chi connectivity index (χ3n) is 12.4. The summed E-state index contributed by atoms with van der Waals surface area (Å²) in [4.78, 5) is 0. The van der Waals surface area contributed by atoms with E-state index in [1.807, 2.05) is 0 Å². The molecule has 5 heteroatoms. The van der Waals surface area contributed by atoms with Crippen LogP contribution in [0.2, 0.25) is 0 Å². The summed E-state index contributed by atoms with van der Waals surface area (Å²) in [5.74, 6) is 2.52. The van der Waals surface area contributed by atoms with Gasteiger partial charge in [-0.05, 0) is 73.8 Å². The van der Waals surface area contributed by atoms with E-state index in [0.29, 0.717) is 0 Å². The van der Waals surface area contributed by atoms with E-state index in [1.54, 1.807) is 0 Å². The molecule has 0 radical (unpaired) electrons. The van der Waals surface area contributed by atoms with Crippen LogP contribution in [0.5, 0.6) is 17.2 Å². The highest BCUT2D eigenvalue weighted by atomic mass is 28.3. The Morgan fingerprint density at radius 3 is 1.64 bits per heavy atom. The molecule has 0 unspecified atom stereocenters. The third kappa shape index (κ3) is 5.08. The van der Waals surface area contributed by atoms with Gasteiger partial charge in [0.2, 0.25) is 0 Å². The minimum Gasteiger partial charge on any atom is -0.551 e. The standard InChI is InChI=1S/C54H36BNO2Si/c1-4-17-39(18-5-1)59(40-19-6-2-7-20-40,41-21-8-3-9-22-41)53-30-15-12-23-42(53)37-31-34-47-52(35-37)57-50-29-16-26-46-45-33-32-38(36-51(45)58-55(47)54(46)50)56-48-27-13-10-24-43(48)44-25-11-14-28-49(44)56/h1-36H. The van der Waals surface area contributed by atoms with E-state index in [0.717, 1.165) is 50.6 Å². The molecular formula is C54H36BNO2Si. The molecular weight excluding hydrogens is 733 g/mol. The first-order chi connectivity index (χ1) is 29.3. The smallest absolute Gasteiger partial charge is 0.434 e. The molecule has 3 heterocycles. The summed E-state index contributed by atoms with van der Waals surface area (Å²) >= 11 is 0. The van der Waals surface area contributed by atoms with E-state index in [2.05, 4.69) is 223 Å². The predicted octanol–water partition coefficient (Wildman–Crippen LogP) is 9.10. The van der Waals surface area contributed by atoms with Gasteiger partial charge in [-0.15, -0.1) is 0 Å². The Kier molecular flexibility index (Phi) is 7.65. The molecule has 2 aliphatic heterocycles. The van der Waals surface area contributed by atoms with Crippen LogP contribution in [0, 0.1) is 0 Å². The number of para-hydroxylation sites is 2. The van der Waals surface area contributed by atoms with Gasteiger partial charge in [0.1, 0.15) is 17.2 Å². The maximum absolute atomic E-state index is 7.14. The van der Waals surface area contributed by atoms with Gasteiger partial charge in [0.15, 0.2) is 8.07 Å². The summed E-state index contributed by atoms with van der Waals surface area (Å²) in [6.07, 6.45) is 0. The lowest BCUT2D eigenvalue weighted by Crippen LogP contribution is -2.75. The molecule has 0 spiro atoms. The zero-order valence-electron chi connectivity index (χ0n) is 32.1. The highest BCUT2D eigenvalue weighted by Gasteiger charge is 2.44. The van der Waals surface area contributed by atoms with Crippen molar-refractivity contribution in [2.45, 2.75) is 0 Å². The summed E-state index contributed by atoms with van der Waals surface area (Å²) in [5, 5.41) is 7.84. The monoisotopic (exact) mass is 769 g/mol. The Morgan fingerprint density at radius 2 is 0.983 bits per heavy atom. The van der Waals surface area contributed by atoms with Crippen LogP contribution in [0.4, 0.5) is 0 Å². The third-order valence-corrected chi connectivity index (χ3v) is 17.3. The second-order valence-corrected chi connectivity index (χ2v) is 19.3. The van der Waals surface area contributed by atoms with Crippen molar-refractivity contribution < 1.29 is 9.39 Å². The van der Waals surface area contributed by atoms with Gasteiger partial charge in [-0.2, -0.15) is 0 Å². The van der Waals surface area contributed by atoms with Gasteiger partial charge in [-0.3, -0.25) is 0 Å². The van der Waals surface area contributed by atoms with Crippen molar-refractivity contribution in [2.24, 2.45) is 0 Å². The number of fused-ring (bicyclic) bond motifs is 7. The van der Waals surface area contributed by atoms with E-state index in [4.69, 9.17) is 9.39 Å². The number of nitrogens with zero attached hydrogens (tertiary/aromatic N) is 1. The fraction of sp³-hybridized carbons (Fsp3) is 0. The van der Waals surface area contributed by atoms with Crippen LogP contribution in [0.15, 0.2) is 218 Å². The molecule has 276 valence electrons. The minimum atomic E-state index is -2.81. The molecule has 0 bridgehead atoms. The van der Waals surface area contributed by atoms with Crippen LogP contribution in [-0.2, 0) is 0 Å². The number of ether oxygens (including phenoxy) is 1. The van der Waals surface area contributed by atoms with Crippen molar-refractivity contribution in [2.75, 3.05) is 0 Å². The van der Waals surface area contributed by atoms with Gasteiger partial charge in [0.25, 0.3) is 0 Å². The zero-order chi connectivity index (χ0) is 38.9.